The maximum atomic E-state index is 13.5. The molecule has 396 valence electrons. The van der Waals surface area contributed by atoms with E-state index in [1.807, 2.05) is 76.5 Å². The summed E-state index contributed by atoms with van der Waals surface area (Å²) in [6.45, 7) is 6.66. The van der Waals surface area contributed by atoms with Gasteiger partial charge in [-0.25, -0.2) is 26.4 Å². The molecule has 0 bridgehead atoms. The van der Waals surface area contributed by atoms with Gasteiger partial charge in [-0.1, -0.05) is 131 Å². The van der Waals surface area contributed by atoms with E-state index >= 15 is 0 Å². The Kier molecular flexibility index (Phi) is 18.3. The molecule has 5 aromatic rings. The predicted octanol–water partition coefficient (Wildman–Crippen LogP) is 8.85. The number of halogens is 4. The number of likely N-dealkylation sites (N-methyl/N-ethyl adjacent to an activating group) is 2. The van der Waals surface area contributed by atoms with Crippen LogP contribution < -0.4 is 0 Å². The minimum Gasteiger partial charge on any atom is -0.322 e. The molecule has 14 nitrogen and oxygen atoms in total. The van der Waals surface area contributed by atoms with Gasteiger partial charge in [0.2, 0.25) is 20.0 Å². The Morgan fingerprint density at radius 1 is 0.473 bits per heavy atom. The molecule has 74 heavy (non-hydrogen) atoms. The van der Waals surface area contributed by atoms with Crippen molar-refractivity contribution in [3.8, 4) is 11.1 Å². The molecule has 4 amide bonds. The van der Waals surface area contributed by atoms with Crippen LogP contribution in [0.2, 0.25) is 20.1 Å². The average Bonchev–Trinajstić information content (AvgIpc) is 4.05. The van der Waals surface area contributed by atoms with Crippen LogP contribution in [0, 0.1) is 0 Å². The van der Waals surface area contributed by atoms with Crippen molar-refractivity contribution in [2.24, 2.45) is 0 Å². The maximum Gasteiger partial charge on any atom is 0.320 e. The van der Waals surface area contributed by atoms with E-state index in [2.05, 4.69) is 72.4 Å². The van der Waals surface area contributed by atoms with Gasteiger partial charge < -0.3 is 19.6 Å². The summed E-state index contributed by atoms with van der Waals surface area (Å²) in [5, 5.41) is 2.40. The molecule has 4 heterocycles. The van der Waals surface area contributed by atoms with E-state index in [1.165, 1.54) is 37.8 Å². The van der Waals surface area contributed by atoms with E-state index < -0.39 is 20.0 Å². The van der Waals surface area contributed by atoms with Gasteiger partial charge in [0, 0.05) is 126 Å². The van der Waals surface area contributed by atoms with Crippen molar-refractivity contribution in [3.63, 3.8) is 0 Å². The SMILES string of the molecule is CN(Cc1ccc(-c2ccccc2)cc1)C1CN(C(=O)N2CCN(S(C)(=O)=O)CC2)CC1c1ccc(Cl)cc1.CN(Cc1ccc(Cl)c(Cl)c1)C1CN(C(=O)N2CCN(S(C)(=O)=O)CC2)CC1c1ccc(Cl)cc1. The number of nitrogens with zero attached hydrogens (tertiary/aromatic N) is 8. The van der Waals surface area contributed by atoms with Crippen LogP contribution in [0.3, 0.4) is 0 Å². The Morgan fingerprint density at radius 2 is 0.865 bits per heavy atom. The zero-order chi connectivity index (χ0) is 52.9. The molecule has 5 aromatic carbocycles. The van der Waals surface area contributed by atoms with Gasteiger partial charge in [-0.15, -0.1) is 0 Å². The first kappa shape index (κ1) is 55.8. The molecule has 0 aromatic heterocycles. The van der Waals surface area contributed by atoms with Crippen molar-refractivity contribution in [1.82, 2.24) is 38.0 Å². The molecule has 4 unspecified atom stereocenters. The lowest BCUT2D eigenvalue weighted by atomic mass is 9.93. The third-order valence-corrected chi connectivity index (χ3v) is 18.6. The number of hydrogen-bond acceptors (Lipinski definition) is 8. The van der Waals surface area contributed by atoms with Gasteiger partial charge in [-0.05, 0) is 83.9 Å². The van der Waals surface area contributed by atoms with E-state index in [0.717, 1.165) is 23.2 Å². The topological polar surface area (TPSA) is 128 Å². The second-order valence-electron chi connectivity index (χ2n) is 19.8. The van der Waals surface area contributed by atoms with E-state index in [-0.39, 0.29) is 36.0 Å². The summed E-state index contributed by atoms with van der Waals surface area (Å²) in [5.74, 6) is 0.235. The van der Waals surface area contributed by atoms with Crippen molar-refractivity contribution < 1.29 is 26.4 Å². The maximum absolute atomic E-state index is 13.5. The Balaban J connectivity index is 0.000000198. The number of rotatable bonds is 11. The summed E-state index contributed by atoms with van der Waals surface area (Å²) in [5.41, 5.74) is 6.93. The van der Waals surface area contributed by atoms with Crippen molar-refractivity contribution in [2.75, 3.05) is 105 Å². The molecular weight excluding hydrogens is 1060 g/mol. The summed E-state index contributed by atoms with van der Waals surface area (Å²) in [4.78, 5) is 38.9. The third-order valence-electron chi connectivity index (χ3n) is 14.7. The number of likely N-dealkylation sites (tertiary alicyclic amines) is 2. The molecule has 0 saturated carbocycles. The van der Waals surface area contributed by atoms with Crippen LogP contribution in [0.15, 0.2) is 121 Å². The first-order valence-electron chi connectivity index (χ1n) is 24.7. The van der Waals surface area contributed by atoms with Crippen molar-refractivity contribution in [1.29, 1.82) is 0 Å². The van der Waals surface area contributed by atoms with Gasteiger partial charge in [0.15, 0.2) is 0 Å². The molecule has 0 radical (unpaired) electrons. The fourth-order valence-electron chi connectivity index (χ4n) is 10.6. The largest absolute Gasteiger partial charge is 0.322 e. The molecule has 4 aliphatic heterocycles. The Hall–Kier alpha value is -4.46. The number of carbonyl (C=O) groups is 2. The van der Waals surface area contributed by atoms with Crippen LogP contribution >= 0.6 is 46.4 Å². The highest BCUT2D eigenvalue weighted by Gasteiger charge is 2.42. The predicted molar refractivity (Wildman–Crippen MR) is 297 cm³/mol. The van der Waals surface area contributed by atoms with Gasteiger partial charge >= 0.3 is 12.1 Å². The number of amides is 4. The van der Waals surface area contributed by atoms with Crippen LogP contribution in [-0.4, -0.2) is 184 Å². The smallest absolute Gasteiger partial charge is 0.320 e. The molecule has 4 saturated heterocycles. The van der Waals surface area contributed by atoms with Crippen LogP contribution in [0.25, 0.3) is 11.1 Å². The van der Waals surface area contributed by atoms with E-state index in [1.54, 1.807) is 15.9 Å². The first-order valence-corrected chi connectivity index (χ1v) is 29.9. The third kappa shape index (κ3) is 13.9. The minimum atomic E-state index is -3.25. The average molecular weight is 1130 g/mol. The summed E-state index contributed by atoms with van der Waals surface area (Å²) in [6, 6.07) is 40.5. The van der Waals surface area contributed by atoms with Crippen molar-refractivity contribution >= 4 is 78.5 Å². The number of urea groups is 2. The molecule has 4 aliphatic rings. The van der Waals surface area contributed by atoms with E-state index in [4.69, 9.17) is 46.4 Å². The normalized spacial score (nSPS) is 21.1. The lowest BCUT2D eigenvalue weighted by molar-refractivity contribution is 0.138. The van der Waals surface area contributed by atoms with Gasteiger partial charge in [-0.2, -0.15) is 8.61 Å². The van der Waals surface area contributed by atoms with Crippen LogP contribution in [-0.2, 0) is 33.1 Å². The quantitative estimate of drug-likeness (QED) is 0.128. The Bertz CT molecular complexity index is 2950. The Labute approximate surface area is 457 Å². The van der Waals surface area contributed by atoms with Crippen LogP contribution in [0.1, 0.15) is 34.1 Å². The fraction of sp³-hybridized carbons (Fsp3) is 0.407. The highest BCUT2D eigenvalue weighted by molar-refractivity contribution is 7.88. The monoisotopic (exact) mass is 1120 g/mol. The summed E-state index contributed by atoms with van der Waals surface area (Å²) in [7, 11) is -2.32. The van der Waals surface area contributed by atoms with Crippen LogP contribution in [0.4, 0.5) is 9.59 Å². The van der Waals surface area contributed by atoms with Gasteiger partial charge in [0.25, 0.3) is 0 Å². The summed E-state index contributed by atoms with van der Waals surface area (Å²) in [6.07, 6.45) is 2.42. The van der Waals surface area contributed by atoms with E-state index in [9.17, 15) is 26.4 Å². The molecule has 0 N–H and O–H groups in total. The number of benzene rings is 5. The van der Waals surface area contributed by atoms with Gasteiger partial charge in [0.1, 0.15) is 0 Å². The number of carbonyl (C=O) groups excluding carboxylic acids is 2. The standard InChI is InChI=1S/C30H35ClN4O3S.C24H29Cl3N4O3S/c1-32(20-23-8-10-25(11-9-23)24-6-4-3-5-7-24)29-22-34(21-28(29)26-12-14-27(31)15-13-26)30(36)33-16-18-35(19-17-33)39(2,37)38;1-28(14-17-3-8-21(26)22(27)13-17)23-16-30(15-20(23)18-4-6-19(25)7-5-18)24(32)29-9-11-31(12-10-29)35(2,33)34/h3-15,28-29H,16-22H2,1-2H3;3-8,13,20,23H,9-12,14-16H2,1-2H3. The Morgan fingerprint density at radius 3 is 1.27 bits per heavy atom. The molecule has 4 fully saturated rings. The molecule has 4 atom stereocenters. The van der Waals surface area contributed by atoms with E-state index in [0.29, 0.717) is 105 Å². The van der Waals surface area contributed by atoms with Gasteiger partial charge in [-0.3, -0.25) is 9.80 Å². The lowest BCUT2D eigenvalue weighted by Gasteiger charge is -2.35. The highest BCUT2D eigenvalue weighted by atomic mass is 35.5. The van der Waals surface area contributed by atoms with Crippen molar-refractivity contribution in [2.45, 2.75) is 37.0 Å². The van der Waals surface area contributed by atoms with Gasteiger partial charge in [0.05, 0.1) is 22.6 Å². The molecule has 0 spiro atoms. The fourth-order valence-corrected chi connectivity index (χ4v) is 12.8. The van der Waals surface area contributed by atoms with Crippen LogP contribution in [0.5, 0.6) is 0 Å². The first-order chi connectivity index (χ1) is 35.2. The second kappa shape index (κ2) is 24.3. The lowest BCUT2D eigenvalue weighted by Crippen LogP contribution is -2.53. The second-order valence-corrected chi connectivity index (χ2v) is 25.4. The summed E-state index contributed by atoms with van der Waals surface area (Å²) < 4.78 is 50.3. The number of hydrogen-bond donors (Lipinski definition) is 0. The van der Waals surface area contributed by atoms with Crippen molar-refractivity contribution in [3.05, 3.63) is 164 Å². The number of piperazine rings is 2. The minimum absolute atomic E-state index is 0.0229. The molecule has 9 rings (SSSR count). The highest BCUT2D eigenvalue weighted by Crippen LogP contribution is 2.35. The summed E-state index contributed by atoms with van der Waals surface area (Å²) >= 11 is 24.6. The zero-order valence-electron chi connectivity index (χ0n) is 42.1. The molecule has 0 aliphatic carbocycles. The number of sulfonamides is 2. The molecule has 20 heteroatoms. The zero-order valence-corrected chi connectivity index (χ0v) is 46.8. The molecular formula is C54H64Cl4N8O6S2.